The Morgan fingerprint density at radius 1 is 0.762 bits per heavy atom. The van der Waals surface area contributed by atoms with Gasteiger partial charge in [0, 0.05) is 23.3 Å². The third-order valence-electron chi connectivity index (χ3n) is 2.89. The third kappa shape index (κ3) is 3.06. The first kappa shape index (κ1) is 13.6. The maximum absolute atomic E-state index is 13.3. The van der Waals surface area contributed by atoms with Crippen molar-refractivity contribution in [1.29, 1.82) is 0 Å². The van der Waals surface area contributed by atoms with Gasteiger partial charge in [0.2, 0.25) is 0 Å². The van der Waals surface area contributed by atoms with Gasteiger partial charge in [-0.2, -0.15) is 0 Å². The zero-order chi connectivity index (χ0) is 14.8. The lowest BCUT2D eigenvalue weighted by Gasteiger charge is -2.06. The summed E-state index contributed by atoms with van der Waals surface area (Å²) in [4.78, 5) is 8.36. The Hall–Kier alpha value is -2.33. The number of hydrogen-bond donors (Lipinski definition) is 0. The van der Waals surface area contributed by atoms with Gasteiger partial charge in [0.15, 0.2) is 5.82 Å². The van der Waals surface area contributed by atoms with E-state index in [2.05, 4.69) is 9.97 Å². The maximum atomic E-state index is 13.3. The summed E-state index contributed by atoms with van der Waals surface area (Å²) in [6.45, 7) is 0. The zero-order valence-corrected chi connectivity index (χ0v) is 11.5. The average molecular weight is 303 g/mol. The highest BCUT2D eigenvalue weighted by molar-refractivity contribution is 6.29. The van der Waals surface area contributed by atoms with E-state index in [-0.39, 0.29) is 16.5 Å². The normalized spacial score (nSPS) is 10.6. The van der Waals surface area contributed by atoms with Gasteiger partial charge in [-0.1, -0.05) is 41.9 Å². The van der Waals surface area contributed by atoms with Gasteiger partial charge >= 0.3 is 0 Å². The summed E-state index contributed by atoms with van der Waals surface area (Å²) in [7, 11) is 0. The summed E-state index contributed by atoms with van der Waals surface area (Å²) < 4.78 is 26.6. The van der Waals surface area contributed by atoms with E-state index in [0.717, 1.165) is 11.6 Å². The lowest BCUT2D eigenvalue weighted by molar-refractivity contribution is 0.584. The van der Waals surface area contributed by atoms with Gasteiger partial charge in [-0.15, -0.1) is 0 Å². The predicted octanol–water partition coefficient (Wildman–Crippen LogP) is 4.74. The van der Waals surface area contributed by atoms with Crippen LogP contribution in [0.3, 0.4) is 0 Å². The lowest BCUT2D eigenvalue weighted by atomic mass is 10.1. The van der Waals surface area contributed by atoms with Crippen molar-refractivity contribution in [3.05, 3.63) is 71.4 Å². The summed E-state index contributed by atoms with van der Waals surface area (Å²) in [6.07, 6.45) is 0. The molecule has 2 aromatic carbocycles. The Kier molecular flexibility index (Phi) is 3.62. The second kappa shape index (κ2) is 5.58. The average Bonchev–Trinajstić information content (AvgIpc) is 2.46. The number of benzene rings is 2. The first-order valence-corrected chi connectivity index (χ1v) is 6.56. The van der Waals surface area contributed by atoms with Crippen molar-refractivity contribution in [2.24, 2.45) is 0 Å². The minimum absolute atomic E-state index is 0.180. The molecule has 0 spiro atoms. The molecule has 0 unspecified atom stereocenters. The molecule has 21 heavy (non-hydrogen) atoms. The minimum atomic E-state index is -0.685. The molecule has 1 heterocycles. The van der Waals surface area contributed by atoms with Crippen LogP contribution in [0, 0.1) is 11.6 Å². The van der Waals surface area contributed by atoms with Gasteiger partial charge < -0.3 is 0 Å². The molecule has 0 radical (unpaired) electrons. The van der Waals surface area contributed by atoms with E-state index >= 15 is 0 Å². The lowest BCUT2D eigenvalue weighted by Crippen LogP contribution is -1.94. The zero-order valence-electron chi connectivity index (χ0n) is 10.7. The fraction of sp³-hybridized carbons (Fsp3) is 0. The van der Waals surface area contributed by atoms with Crippen molar-refractivity contribution in [2.75, 3.05) is 0 Å². The molecule has 5 heteroatoms. The van der Waals surface area contributed by atoms with Crippen LogP contribution < -0.4 is 0 Å². The fourth-order valence-corrected chi connectivity index (χ4v) is 2.17. The van der Waals surface area contributed by atoms with E-state index in [0.29, 0.717) is 5.69 Å². The molecular formula is C16H9ClF2N2. The van der Waals surface area contributed by atoms with Crippen LogP contribution in [0.2, 0.25) is 5.15 Å². The highest BCUT2D eigenvalue weighted by atomic mass is 35.5. The standard InChI is InChI=1S/C16H9ClF2N2/c17-15-9-14(10-4-2-1-3-5-10)20-16(21-15)11-6-12(18)8-13(19)7-11/h1-9H. The van der Waals surface area contributed by atoms with E-state index in [4.69, 9.17) is 11.6 Å². The third-order valence-corrected chi connectivity index (χ3v) is 3.08. The Bertz CT molecular complexity index is 771. The highest BCUT2D eigenvalue weighted by Gasteiger charge is 2.10. The summed E-state index contributed by atoms with van der Waals surface area (Å²) >= 11 is 5.99. The molecule has 0 aliphatic carbocycles. The van der Waals surface area contributed by atoms with Gasteiger partial charge in [-0.3, -0.25) is 0 Å². The highest BCUT2D eigenvalue weighted by Crippen LogP contribution is 2.25. The summed E-state index contributed by atoms with van der Waals surface area (Å²) in [5, 5.41) is 0.212. The Morgan fingerprint density at radius 2 is 1.43 bits per heavy atom. The second-order valence-corrected chi connectivity index (χ2v) is 4.81. The van der Waals surface area contributed by atoms with Crippen LogP contribution in [0.1, 0.15) is 0 Å². The van der Waals surface area contributed by atoms with Crippen molar-refractivity contribution in [1.82, 2.24) is 9.97 Å². The van der Waals surface area contributed by atoms with Gasteiger partial charge in [0.05, 0.1) is 5.69 Å². The van der Waals surface area contributed by atoms with E-state index in [9.17, 15) is 8.78 Å². The number of aromatic nitrogens is 2. The molecule has 0 aliphatic rings. The predicted molar refractivity (Wildman–Crippen MR) is 77.8 cm³/mol. The van der Waals surface area contributed by atoms with Crippen LogP contribution in [0.5, 0.6) is 0 Å². The van der Waals surface area contributed by atoms with E-state index in [1.54, 1.807) is 6.07 Å². The largest absolute Gasteiger partial charge is 0.228 e. The van der Waals surface area contributed by atoms with Crippen LogP contribution in [0.25, 0.3) is 22.6 Å². The molecule has 0 fully saturated rings. The number of rotatable bonds is 2. The van der Waals surface area contributed by atoms with Crippen LogP contribution in [-0.4, -0.2) is 9.97 Å². The molecule has 0 amide bonds. The summed E-state index contributed by atoms with van der Waals surface area (Å²) in [5.74, 6) is -1.19. The number of halogens is 3. The Labute approximate surface area is 125 Å². The van der Waals surface area contributed by atoms with Crippen LogP contribution >= 0.6 is 11.6 Å². The first-order chi connectivity index (χ1) is 10.1. The molecule has 3 rings (SSSR count). The molecule has 0 bridgehead atoms. The maximum Gasteiger partial charge on any atom is 0.161 e. The SMILES string of the molecule is Fc1cc(F)cc(-c2nc(Cl)cc(-c3ccccc3)n2)c1. The van der Waals surface area contributed by atoms with Gasteiger partial charge in [-0.25, -0.2) is 18.7 Å². The molecule has 0 saturated heterocycles. The topological polar surface area (TPSA) is 25.8 Å². The van der Waals surface area contributed by atoms with E-state index in [1.165, 1.54) is 12.1 Å². The molecule has 2 nitrogen and oxygen atoms in total. The molecule has 3 aromatic rings. The first-order valence-electron chi connectivity index (χ1n) is 6.18. The molecular weight excluding hydrogens is 294 g/mol. The molecule has 104 valence electrons. The number of hydrogen-bond acceptors (Lipinski definition) is 2. The van der Waals surface area contributed by atoms with E-state index in [1.807, 2.05) is 30.3 Å². The smallest absolute Gasteiger partial charge is 0.161 e. The fourth-order valence-electron chi connectivity index (χ4n) is 1.99. The Morgan fingerprint density at radius 3 is 2.10 bits per heavy atom. The second-order valence-electron chi connectivity index (χ2n) is 4.42. The minimum Gasteiger partial charge on any atom is -0.228 e. The van der Waals surface area contributed by atoms with Crippen LogP contribution in [0.15, 0.2) is 54.6 Å². The monoisotopic (exact) mass is 302 g/mol. The Balaban J connectivity index is 2.14. The van der Waals surface area contributed by atoms with Gasteiger partial charge in [-0.05, 0) is 12.1 Å². The number of nitrogens with zero attached hydrogens (tertiary/aromatic N) is 2. The van der Waals surface area contributed by atoms with Crippen molar-refractivity contribution in [2.45, 2.75) is 0 Å². The van der Waals surface area contributed by atoms with Gasteiger partial charge in [0.1, 0.15) is 16.8 Å². The molecule has 0 N–H and O–H groups in total. The quantitative estimate of drug-likeness (QED) is 0.639. The molecule has 0 saturated carbocycles. The summed E-state index contributed by atoms with van der Waals surface area (Å²) in [5.41, 5.74) is 1.68. The molecule has 0 aliphatic heterocycles. The van der Waals surface area contributed by atoms with Crippen molar-refractivity contribution < 1.29 is 8.78 Å². The molecule has 0 atom stereocenters. The van der Waals surface area contributed by atoms with Crippen LogP contribution in [0.4, 0.5) is 8.78 Å². The van der Waals surface area contributed by atoms with E-state index < -0.39 is 11.6 Å². The van der Waals surface area contributed by atoms with Crippen LogP contribution in [-0.2, 0) is 0 Å². The van der Waals surface area contributed by atoms with Crippen molar-refractivity contribution in [3.63, 3.8) is 0 Å². The van der Waals surface area contributed by atoms with Crippen molar-refractivity contribution in [3.8, 4) is 22.6 Å². The van der Waals surface area contributed by atoms with Crippen molar-refractivity contribution >= 4 is 11.6 Å². The summed E-state index contributed by atoms with van der Waals surface area (Å²) in [6, 6.07) is 14.1. The molecule has 1 aromatic heterocycles. The van der Waals surface area contributed by atoms with Gasteiger partial charge in [0.25, 0.3) is 0 Å².